The molecule has 1 saturated carbocycles. The molecule has 2 aliphatic heterocycles. The SMILES string of the molecule is Cc1cc(C)c(C2=C(O)C3(CCC(OC4CCN(CCOCCOCCOCCOCC(=O)O)CC4)CC3)OC2=O)c(C)c1. The molecule has 11 heteroatoms. The van der Waals surface area contributed by atoms with Crippen molar-refractivity contribution < 1.29 is 48.2 Å². The average Bonchev–Trinajstić information content (AvgIpc) is 3.21. The fraction of sp³-hybridized carbons (Fsp3) is 0.697. The highest BCUT2D eigenvalue weighted by atomic mass is 16.6. The van der Waals surface area contributed by atoms with Crippen LogP contribution in [0.4, 0.5) is 0 Å². The second-order valence-corrected chi connectivity index (χ2v) is 12.0. The van der Waals surface area contributed by atoms with Gasteiger partial charge in [0.05, 0.1) is 58.5 Å². The number of aliphatic carboxylic acids is 1. The second-order valence-electron chi connectivity index (χ2n) is 12.0. The number of carboxylic acids is 1. The predicted molar refractivity (Wildman–Crippen MR) is 163 cm³/mol. The Bertz CT molecular complexity index is 1110. The van der Waals surface area contributed by atoms with E-state index in [1.165, 1.54) is 0 Å². The summed E-state index contributed by atoms with van der Waals surface area (Å²) < 4.78 is 33.8. The van der Waals surface area contributed by atoms with Crippen LogP contribution in [0.1, 0.15) is 60.8 Å². The number of nitrogens with zero attached hydrogens (tertiary/aromatic N) is 1. The normalized spacial score (nSPS) is 23.1. The summed E-state index contributed by atoms with van der Waals surface area (Å²) in [7, 11) is 0. The lowest BCUT2D eigenvalue weighted by atomic mass is 9.80. The van der Waals surface area contributed by atoms with E-state index in [9.17, 15) is 14.7 Å². The minimum absolute atomic E-state index is 0.0874. The molecule has 1 aliphatic carbocycles. The van der Waals surface area contributed by atoms with E-state index in [-0.39, 0.29) is 31.2 Å². The Morgan fingerprint density at radius 2 is 1.39 bits per heavy atom. The Kier molecular flexibility index (Phi) is 13.0. The van der Waals surface area contributed by atoms with Crippen LogP contribution in [0, 0.1) is 20.8 Å². The number of aliphatic hydroxyl groups excluding tert-OH is 1. The van der Waals surface area contributed by atoms with Gasteiger partial charge in [0.1, 0.15) is 12.2 Å². The van der Waals surface area contributed by atoms with Gasteiger partial charge in [-0.2, -0.15) is 0 Å². The van der Waals surface area contributed by atoms with Gasteiger partial charge < -0.3 is 43.5 Å². The Balaban J connectivity index is 1.07. The first-order valence-corrected chi connectivity index (χ1v) is 15.8. The maximum atomic E-state index is 13.0. The van der Waals surface area contributed by atoms with Crippen molar-refractivity contribution in [3.63, 3.8) is 0 Å². The minimum Gasteiger partial charge on any atom is -0.507 e. The van der Waals surface area contributed by atoms with E-state index in [1.54, 1.807) is 0 Å². The van der Waals surface area contributed by atoms with Crippen molar-refractivity contribution in [3.8, 4) is 0 Å². The van der Waals surface area contributed by atoms with Gasteiger partial charge in [-0.1, -0.05) is 17.7 Å². The molecule has 0 bridgehead atoms. The van der Waals surface area contributed by atoms with Gasteiger partial charge in [0.2, 0.25) is 0 Å². The molecule has 0 unspecified atom stereocenters. The van der Waals surface area contributed by atoms with Gasteiger partial charge >= 0.3 is 11.9 Å². The Hall–Kier alpha value is -2.54. The third-order valence-electron chi connectivity index (χ3n) is 8.64. The van der Waals surface area contributed by atoms with Gasteiger partial charge in [0.15, 0.2) is 11.4 Å². The molecule has 44 heavy (non-hydrogen) atoms. The van der Waals surface area contributed by atoms with Gasteiger partial charge in [-0.25, -0.2) is 9.59 Å². The van der Waals surface area contributed by atoms with E-state index >= 15 is 0 Å². The van der Waals surface area contributed by atoms with Crippen LogP contribution < -0.4 is 0 Å². The largest absolute Gasteiger partial charge is 0.507 e. The molecule has 2 N–H and O–H groups in total. The highest BCUT2D eigenvalue weighted by Crippen LogP contribution is 2.47. The standard InChI is InChI=1S/C33H49NO10/c1-23-20-24(2)29(25(3)21-23)30-31(37)33(44-32(30)38)8-4-26(5-9-33)43-27-6-10-34(11-7-27)12-13-39-14-15-40-16-17-41-18-19-42-22-28(35)36/h20-21,26-27,37H,4-19,22H2,1-3H3,(H,35,36). The first-order valence-electron chi connectivity index (χ1n) is 15.8. The van der Waals surface area contributed by atoms with Crippen LogP contribution in [-0.4, -0.2) is 117 Å². The second kappa shape index (κ2) is 16.7. The van der Waals surface area contributed by atoms with E-state index in [1.807, 2.05) is 32.9 Å². The molecule has 2 fully saturated rings. The van der Waals surface area contributed by atoms with Crippen LogP contribution in [0.2, 0.25) is 0 Å². The lowest BCUT2D eigenvalue weighted by molar-refractivity contribution is -0.154. The Morgan fingerprint density at radius 1 is 0.864 bits per heavy atom. The zero-order valence-electron chi connectivity index (χ0n) is 26.4. The van der Waals surface area contributed by atoms with Crippen LogP contribution in [0.3, 0.4) is 0 Å². The van der Waals surface area contributed by atoms with Gasteiger partial charge in [-0.15, -0.1) is 0 Å². The van der Waals surface area contributed by atoms with Crippen LogP contribution in [0.5, 0.6) is 0 Å². The summed E-state index contributed by atoms with van der Waals surface area (Å²) in [5.74, 6) is -1.33. The van der Waals surface area contributed by atoms with Crippen molar-refractivity contribution in [2.45, 2.75) is 77.1 Å². The molecule has 1 spiro atoms. The lowest BCUT2D eigenvalue weighted by Gasteiger charge is -2.39. The number of carboxylic acid groups (broad SMARTS) is 1. The van der Waals surface area contributed by atoms with Crippen LogP contribution in [0.15, 0.2) is 17.9 Å². The number of likely N-dealkylation sites (tertiary alicyclic amines) is 1. The number of carbonyl (C=O) groups is 2. The number of carbonyl (C=O) groups excluding carboxylic acids is 1. The summed E-state index contributed by atoms with van der Waals surface area (Å²) in [4.78, 5) is 25.7. The topological polar surface area (TPSA) is 133 Å². The number of aryl methyl sites for hydroxylation is 3. The fourth-order valence-electron chi connectivity index (χ4n) is 6.48. The molecular weight excluding hydrogens is 570 g/mol. The number of rotatable bonds is 17. The number of ether oxygens (including phenoxy) is 6. The number of hydrogen-bond acceptors (Lipinski definition) is 10. The highest BCUT2D eigenvalue weighted by molar-refractivity contribution is 6.20. The summed E-state index contributed by atoms with van der Waals surface area (Å²) in [6.45, 7) is 11.6. The van der Waals surface area contributed by atoms with Crippen molar-refractivity contribution in [2.75, 3.05) is 72.5 Å². The Labute approximate surface area is 260 Å². The number of piperidine rings is 1. The monoisotopic (exact) mass is 619 g/mol. The molecule has 0 amide bonds. The maximum absolute atomic E-state index is 13.0. The summed E-state index contributed by atoms with van der Waals surface area (Å²) in [5, 5.41) is 19.8. The molecular formula is C33H49NO10. The average molecular weight is 620 g/mol. The molecule has 1 saturated heterocycles. The van der Waals surface area contributed by atoms with Crippen molar-refractivity contribution in [1.29, 1.82) is 0 Å². The van der Waals surface area contributed by atoms with Gasteiger partial charge in [-0.05, 0) is 76.0 Å². The molecule has 4 rings (SSSR count). The molecule has 0 radical (unpaired) electrons. The van der Waals surface area contributed by atoms with Gasteiger partial charge in [-0.3, -0.25) is 0 Å². The Morgan fingerprint density at radius 3 is 1.95 bits per heavy atom. The first kappa shape index (κ1) is 34.3. The molecule has 3 aliphatic rings. The summed E-state index contributed by atoms with van der Waals surface area (Å²) in [6.07, 6.45) is 4.91. The quantitative estimate of drug-likeness (QED) is 0.195. The predicted octanol–water partition coefficient (Wildman–Crippen LogP) is 3.75. The van der Waals surface area contributed by atoms with Crippen molar-refractivity contribution in [1.82, 2.24) is 4.90 Å². The van der Waals surface area contributed by atoms with Crippen molar-refractivity contribution >= 4 is 17.5 Å². The van der Waals surface area contributed by atoms with Crippen LogP contribution in [-0.2, 0) is 38.0 Å². The van der Waals surface area contributed by atoms with E-state index in [4.69, 9.17) is 33.5 Å². The van der Waals surface area contributed by atoms with Crippen LogP contribution in [0.25, 0.3) is 5.57 Å². The third-order valence-corrected chi connectivity index (χ3v) is 8.64. The zero-order valence-corrected chi connectivity index (χ0v) is 26.4. The molecule has 1 aromatic rings. The van der Waals surface area contributed by atoms with Crippen LogP contribution >= 0.6 is 0 Å². The number of aliphatic hydroxyl groups is 1. The molecule has 1 aromatic carbocycles. The molecule has 0 aromatic heterocycles. The smallest absolute Gasteiger partial charge is 0.343 e. The molecule has 0 atom stereocenters. The maximum Gasteiger partial charge on any atom is 0.343 e. The van der Waals surface area contributed by atoms with Crippen molar-refractivity contribution in [3.05, 3.63) is 40.1 Å². The van der Waals surface area contributed by atoms with Gasteiger partial charge in [0, 0.05) is 19.6 Å². The zero-order chi connectivity index (χ0) is 31.5. The van der Waals surface area contributed by atoms with Crippen molar-refractivity contribution in [2.24, 2.45) is 0 Å². The van der Waals surface area contributed by atoms with Gasteiger partial charge in [0.25, 0.3) is 0 Å². The number of esters is 1. The molecule has 11 nitrogen and oxygen atoms in total. The minimum atomic E-state index is -0.990. The number of benzene rings is 1. The molecule has 2 heterocycles. The van der Waals surface area contributed by atoms with E-state index in [0.717, 1.165) is 67.6 Å². The lowest BCUT2D eigenvalue weighted by Crippen LogP contribution is -2.43. The first-order chi connectivity index (χ1) is 21.2. The summed E-state index contributed by atoms with van der Waals surface area (Å²) in [5.41, 5.74) is 3.26. The molecule has 246 valence electrons. The fourth-order valence-corrected chi connectivity index (χ4v) is 6.48. The van der Waals surface area contributed by atoms with E-state index < -0.39 is 17.5 Å². The number of hydrogen-bond donors (Lipinski definition) is 2. The summed E-state index contributed by atoms with van der Waals surface area (Å²) in [6, 6.07) is 4.07. The summed E-state index contributed by atoms with van der Waals surface area (Å²) >= 11 is 0. The third kappa shape index (κ3) is 9.48. The highest BCUT2D eigenvalue weighted by Gasteiger charge is 2.51. The van der Waals surface area contributed by atoms with E-state index in [0.29, 0.717) is 58.1 Å². The van der Waals surface area contributed by atoms with E-state index in [2.05, 4.69) is 4.90 Å².